The molecule has 0 atom stereocenters. The first-order valence-electron chi connectivity index (χ1n) is 8.14. The smallest absolute Gasteiger partial charge is 0.255 e. The lowest BCUT2D eigenvalue weighted by Crippen LogP contribution is -2.23. The minimum absolute atomic E-state index is 0.205. The fourth-order valence-electron chi connectivity index (χ4n) is 2.55. The van der Waals surface area contributed by atoms with Crippen molar-refractivity contribution in [1.82, 2.24) is 9.97 Å². The Hall–Kier alpha value is -3.02. The molecule has 128 valence electrons. The van der Waals surface area contributed by atoms with E-state index in [4.69, 9.17) is 0 Å². The van der Waals surface area contributed by atoms with Gasteiger partial charge in [-0.05, 0) is 50.1 Å². The summed E-state index contributed by atoms with van der Waals surface area (Å²) >= 11 is 0. The van der Waals surface area contributed by atoms with Crippen molar-refractivity contribution >= 4 is 23.2 Å². The molecular weight excluding hydrogens is 316 g/mol. The summed E-state index contributed by atoms with van der Waals surface area (Å²) in [5.41, 5.74) is 2.78. The predicted molar refractivity (Wildman–Crippen MR) is 96.7 cm³/mol. The Morgan fingerprint density at radius 3 is 2.56 bits per heavy atom. The lowest BCUT2D eigenvalue weighted by atomic mass is 10.1. The van der Waals surface area contributed by atoms with Crippen LogP contribution in [0.15, 0.2) is 43.1 Å². The van der Waals surface area contributed by atoms with E-state index in [1.807, 2.05) is 6.92 Å². The number of amides is 2. The van der Waals surface area contributed by atoms with E-state index >= 15 is 0 Å². The highest BCUT2D eigenvalue weighted by molar-refractivity contribution is 6.05. The summed E-state index contributed by atoms with van der Waals surface area (Å²) in [5, 5.41) is 2.90. The van der Waals surface area contributed by atoms with Crippen LogP contribution in [0.5, 0.6) is 0 Å². The van der Waals surface area contributed by atoms with E-state index in [-0.39, 0.29) is 11.8 Å². The van der Waals surface area contributed by atoms with Crippen molar-refractivity contribution in [2.24, 2.45) is 0 Å². The molecule has 1 N–H and O–H groups in total. The highest BCUT2D eigenvalue weighted by Crippen LogP contribution is 2.42. The minimum atomic E-state index is -0.224. The number of hydrogen-bond donors (Lipinski definition) is 1. The Bertz CT molecular complexity index is 826. The van der Waals surface area contributed by atoms with Crippen molar-refractivity contribution in [2.45, 2.75) is 25.7 Å². The van der Waals surface area contributed by atoms with E-state index in [0.717, 1.165) is 18.5 Å². The molecule has 0 unspecified atom stereocenters. The maximum atomic E-state index is 12.5. The highest BCUT2D eigenvalue weighted by atomic mass is 16.2. The van der Waals surface area contributed by atoms with E-state index in [0.29, 0.717) is 28.7 Å². The van der Waals surface area contributed by atoms with Gasteiger partial charge in [-0.2, -0.15) is 0 Å². The molecule has 25 heavy (non-hydrogen) atoms. The molecule has 1 aromatic heterocycles. The van der Waals surface area contributed by atoms with Crippen LogP contribution in [0.1, 0.15) is 40.6 Å². The molecule has 1 aromatic carbocycles. The van der Waals surface area contributed by atoms with Crippen LogP contribution in [0.3, 0.4) is 0 Å². The lowest BCUT2D eigenvalue weighted by molar-refractivity contribution is -0.113. The average molecular weight is 336 g/mol. The van der Waals surface area contributed by atoms with Crippen LogP contribution in [0.4, 0.5) is 11.4 Å². The molecule has 1 fully saturated rings. The van der Waals surface area contributed by atoms with E-state index in [2.05, 4.69) is 21.9 Å². The van der Waals surface area contributed by atoms with Crippen LogP contribution in [0, 0.1) is 6.92 Å². The first-order chi connectivity index (χ1) is 12.0. The zero-order chi connectivity index (χ0) is 18.0. The molecule has 0 spiro atoms. The van der Waals surface area contributed by atoms with Gasteiger partial charge in [0.15, 0.2) is 0 Å². The average Bonchev–Trinajstić information content (AvgIpc) is 3.47. The number of aromatic nitrogens is 2. The summed E-state index contributed by atoms with van der Waals surface area (Å²) in [4.78, 5) is 34.2. The second-order valence-electron chi connectivity index (χ2n) is 6.09. The molecule has 1 aliphatic carbocycles. The Kier molecular flexibility index (Phi) is 4.61. The molecule has 1 heterocycles. The molecule has 2 amide bonds. The van der Waals surface area contributed by atoms with Gasteiger partial charge in [0.1, 0.15) is 5.82 Å². The maximum absolute atomic E-state index is 12.5. The predicted octanol–water partition coefficient (Wildman–Crippen LogP) is 3.06. The first-order valence-corrected chi connectivity index (χ1v) is 8.14. The third-order valence-electron chi connectivity index (χ3n) is 4.17. The van der Waals surface area contributed by atoms with Gasteiger partial charge in [-0.1, -0.05) is 6.58 Å². The Labute approximate surface area is 146 Å². The molecule has 1 aliphatic rings. The van der Waals surface area contributed by atoms with Gasteiger partial charge in [0.25, 0.3) is 5.91 Å². The molecular formula is C19H20N4O2. The second-order valence-corrected chi connectivity index (χ2v) is 6.09. The number of nitrogens with zero attached hydrogens (tertiary/aromatic N) is 3. The van der Waals surface area contributed by atoms with Crippen molar-refractivity contribution < 1.29 is 9.59 Å². The number of hydrogen-bond acceptors (Lipinski definition) is 4. The number of rotatable bonds is 5. The van der Waals surface area contributed by atoms with Crippen LogP contribution < -0.4 is 10.2 Å². The van der Waals surface area contributed by atoms with Crippen molar-refractivity contribution in [3.05, 3.63) is 60.2 Å². The largest absolute Gasteiger partial charge is 0.319 e. The normalized spacial score (nSPS) is 13.2. The van der Waals surface area contributed by atoms with E-state index in [9.17, 15) is 9.59 Å². The molecule has 2 aromatic rings. The molecule has 0 radical (unpaired) electrons. The molecule has 6 heteroatoms. The van der Waals surface area contributed by atoms with Gasteiger partial charge in [-0.15, -0.1) is 0 Å². The molecule has 0 saturated heterocycles. The van der Waals surface area contributed by atoms with Gasteiger partial charge in [0, 0.05) is 24.2 Å². The topological polar surface area (TPSA) is 75.2 Å². The van der Waals surface area contributed by atoms with Crippen LogP contribution in [0.2, 0.25) is 0 Å². The van der Waals surface area contributed by atoms with Gasteiger partial charge in [0.2, 0.25) is 5.91 Å². The zero-order valence-corrected chi connectivity index (χ0v) is 14.3. The lowest BCUT2D eigenvalue weighted by Gasteiger charge is -2.15. The van der Waals surface area contributed by atoms with Gasteiger partial charge in [-0.3, -0.25) is 9.59 Å². The Balaban J connectivity index is 1.76. The standard InChI is InChI=1S/C19H20N4O2/c1-4-17(24)23(3)15-9-7-14(8-10-15)19(25)22-16-11-20-12(2)21-18(16)13-5-6-13/h4,7-11,13H,1,5-6H2,2-3H3,(H,22,25). The van der Waals surface area contributed by atoms with Crippen LogP contribution >= 0.6 is 0 Å². The number of nitrogens with one attached hydrogen (secondary N) is 1. The third-order valence-corrected chi connectivity index (χ3v) is 4.17. The van der Waals surface area contributed by atoms with Gasteiger partial charge < -0.3 is 10.2 Å². The number of benzene rings is 1. The number of aryl methyl sites for hydroxylation is 1. The number of anilines is 2. The summed E-state index contributed by atoms with van der Waals surface area (Å²) in [6.07, 6.45) is 5.10. The van der Waals surface area contributed by atoms with Gasteiger partial charge in [0.05, 0.1) is 17.6 Å². The first kappa shape index (κ1) is 16.8. The Morgan fingerprint density at radius 1 is 1.28 bits per heavy atom. The van der Waals surface area contributed by atoms with E-state index in [1.54, 1.807) is 37.5 Å². The zero-order valence-electron chi connectivity index (χ0n) is 14.3. The fourth-order valence-corrected chi connectivity index (χ4v) is 2.55. The highest BCUT2D eigenvalue weighted by Gasteiger charge is 2.28. The van der Waals surface area contributed by atoms with Gasteiger partial charge in [-0.25, -0.2) is 9.97 Å². The van der Waals surface area contributed by atoms with Crippen molar-refractivity contribution in [3.63, 3.8) is 0 Å². The number of carbonyl (C=O) groups is 2. The number of likely N-dealkylation sites (N-methyl/N-ethyl adjacent to an activating group) is 1. The fraction of sp³-hybridized carbons (Fsp3) is 0.263. The van der Waals surface area contributed by atoms with Crippen molar-refractivity contribution in [3.8, 4) is 0 Å². The maximum Gasteiger partial charge on any atom is 0.255 e. The van der Waals surface area contributed by atoms with Crippen LogP contribution in [-0.4, -0.2) is 28.8 Å². The summed E-state index contributed by atoms with van der Waals surface area (Å²) < 4.78 is 0. The SMILES string of the molecule is C=CC(=O)N(C)c1ccc(C(=O)Nc2cnc(C)nc2C2CC2)cc1. The van der Waals surface area contributed by atoms with Crippen molar-refractivity contribution in [2.75, 3.05) is 17.3 Å². The van der Waals surface area contributed by atoms with Crippen LogP contribution in [-0.2, 0) is 4.79 Å². The van der Waals surface area contributed by atoms with E-state index in [1.165, 1.54) is 11.0 Å². The van der Waals surface area contributed by atoms with Crippen molar-refractivity contribution in [1.29, 1.82) is 0 Å². The molecule has 1 saturated carbocycles. The van der Waals surface area contributed by atoms with Crippen LogP contribution in [0.25, 0.3) is 0 Å². The Morgan fingerprint density at radius 2 is 1.96 bits per heavy atom. The second kappa shape index (κ2) is 6.84. The molecule has 3 rings (SSSR count). The third kappa shape index (κ3) is 3.74. The molecule has 0 aliphatic heterocycles. The quantitative estimate of drug-likeness (QED) is 0.852. The monoisotopic (exact) mass is 336 g/mol. The van der Waals surface area contributed by atoms with E-state index < -0.39 is 0 Å². The minimum Gasteiger partial charge on any atom is -0.319 e. The summed E-state index contributed by atoms with van der Waals surface area (Å²) in [5.74, 6) is 0.693. The summed E-state index contributed by atoms with van der Waals surface area (Å²) in [6.45, 7) is 5.31. The number of carbonyl (C=O) groups excluding carboxylic acids is 2. The molecule has 6 nitrogen and oxygen atoms in total. The summed E-state index contributed by atoms with van der Waals surface area (Å²) in [7, 11) is 1.66. The summed E-state index contributed by atoms with van der Waals surface area (Å²) in [6, 6.07) is 6.82. The van der Waals surface area contributed by atoms with Gasteiger partial charge >= 0.3 is 0 Å². The molecule has 0 bridgehead atoms.